The number of fused-ring (bicyclic) bond motifs is 3. The first-order chi connectivity index (χ1) is 9.68. The lowest BCUT2D eigenvalue weighted by Crippen LogP contribution is -2.15. The van der Waals surface area contributed by atoms with E-state index in [0.717, 1.165) is 0 Å². The molecule has 3 aromatic rings. The molecule has 1 aliphatic rings. The van der Waals surface area contributed by atoms with Crippen LogP contribution in [0, 0.1) is 0 Å². The molecule has 2 heteroatoms. The highest BCUT2D eigenvalue weighted by molar-refractivity contribution is 5.81. The molecule has 20 heavy (non-hydrogen) atoms. The van der Waals surface area contributed by atoms with Crippen LogP contribution < -0.4 is 0 Å². The highest BCUT2D eigenvalue weighted by Gasteiger charge is 2.35. The van der Waals surface area contributed by atoms with Crippen molar-refractivity contribution >= 4 is 0 Å². The van der Waals surface area contributed by atoms with Crippen molar-refractivity contribution in [1.82, 2.24) is 9.55 Å². The van der Waals surface area contributed by atoms with Gasteiger partial charge in [-0.2, -0.15) is 0 Å². The van der Waals surface area contributed by atoms with Crippen LogP contribution in [0.25, 0.3) is 16.8 Å². The summed E-state index contributed by atoms with van der Waals surface area (Å²) < 4.78 is 2.05. The standard InChI is InChI=1S/C18H16N2/c1-18(2)16-6-4-3-5-14(16)15-8-7-13(11-17(15)18)20-10-9-19-12-20/h3-12H,1-2H3. The van der Waals surface area contributed by atoms with E-state index in [4.69, 9.17) is 0 Å². The zero-order valence-electron chi connectivity index (χ0n) is 11.7. The summed E-state index contributed by atoms with van der Waals surface area (Å²) in [7, 11) is 0. The van der Waals surface area contributed by atoms with Crippen molar-refractivity contribution < 1.29 is 0 Å². The minimum Gasteiger partial charge on any atom is -0.306 e. The van der Waals surface area contributed by atoms with Crippen LogP contribution >= 0.6 is 0 Å². The Morgan fingerprint density at radius 2 is 1.75 bits per heavy atom. The number of hydrogen-bond donors (Lipinski definition) is 0. The van der Waals surface area contributed by atoms with Crippen molar-refractivity contribution in [2.24, 2.45) is 0 Å². The highest BCUT2D eigenvalue weighted by Crippen LogP contribution is 2.48. The molecule has 1 aromatic heterocycles. The SMILES string of the molecule is CC1(C)c2ccccc2-c2ccc(-n3ccnc3)cc21. The monoisotopic (exact) mass is 260 g/mol. The maximum absolute atomic E-state index is 4.13. The summed E-state index contributed by atoms with van der Waals surface area (Å²) in [6.45, 7) is 4.60. The molecule has 0 saturated carbocycles. The number of imidazole rings is 1. The molecule has 0 amide bonds. The van der Waals surface area contributed by atoms with Gasteiger partial charge in [0.1, 0.15) is 0 Å². The van der Waals surface area contributed by atoms with Crippen molar-refractivity contribution in [1.29, 1.82) is 0 Å². The van der Waals surface area contributed by atoms with Crippen LogP contribution in [-0.4, -0.2) is 9.55 Å². The maximum Gasteiger partial charge on any atom is 0.0991 e. The smallest absolute Gasteiger partial charge is 0.0991 e. The van der Waals surface area contributed by atoms with Gasteiger partial charge in [-0.1, -0.05) is 44.2 Å². The molecule has 0 spiro atoms. The normalized spacial score (nSPS) is 14.9. The Kier molecular flexibility index (Phi) is 2.19. The molecule has 1 aliphatic carbocycles. The molecule has 0 N–H and O–H groups in total. The van der Waals surface area contributed by atoms with Gasteiger partial charge in [-0.25, -0.2) is 4.98 Å². The van der Waals surface area contributed by atoms with Gasteiger partial charge in [0.15, 0.2) is 0 Å². The number of rotatable bonds is 1. The molecule has 0 saturated heterocycles. The Morgan fingerprint density at radius 1 is 0.950 bits per heavy atom. The van der Waals surface area contributed by atoms with Gasteiger partial charge in [-0.05, 0) is 34.4 Å². The van der Waals surface area contributed by atoms with Crippen LogP contribution in [0.4, 0.5) is 0 Å². The minimum absolute atomic E-state index is 0.0581. The van der Waals surface area contributed by atoms with Gasteiger partial charge in [-0.15, -0.1) is 0 Å². The minimum atomic E-state index is 0.0581. The number of aromatic nitrogens is 2. The van der Waals surface area contributed by atoms with E-state index in [2.05, 4.69) is 65.9 Å². The average molecular weight is 260 g/mol. The first-order valence-corrected chi connectivity index (χ1v) is 6.91. The molecule has 0 atom stereocenters. The van der Waals surface area contributed by atoms with E-state index in [1.165, 1.54) is 27.9 Å². The van der Waals surface area contributed by atoms with Gasteiger partial charge in [0.2, 0.25) is 0 Å². The van der Waals surface area contributed by atoms with Crippen LogP contribution in [0.15, 0.2) is 61.2 Å². The zero-order valence-corrected chi connectivity index (χ0v) is 11.7. The maximum atomic E-state index is 4.13. The van der Waals surface area contributed by atoms with Gasteiger partial charge in [0.25, 0.3) is 0 Å². The second-order valence-electron chi connectivity index (χ2n) is 5.87. The molecule has 0 fully saturated rings. The fraction of sp³-hybridized carbons (Fsp3) is 0.167. The van der Waals surface area contributed by atoms with Crippen LogP contribution in [-0.2, 0) is 5.41 Å². The molecule has 0 bridgehead atoms. The second kappa shape index (κ2) is 3.83. The Bertz CT molecular complexity index is 783. The highest BCUT2D eigenvalue weighted by atomic mass is 15.0. The van der Waals surface area contributed by atoms with E-state index < -0.39 is 0 Å². The van der Waals surface area contributed by atoms with Gasteiger partial charge >= 0.3 is 0 Å². The molecule has 0 unspecified atom stereocenters. The molecule has 2 aromatic carbocycles. The van der Waals surface area contributed by atoms with E-state index >= 15 is 0 Å². The average Bonchev–Trinajstić information content (AvgIpc) is 3.07. The van der Waals surface area contributed by atoms with Crippen LogP contribution in [0.1, 0.15) is 25.0 Å². The molecular formula is C18H16N2. The quantitative estimate of drug-likeness (QED) is 0.642. The number of hydrogen-bond acceptors (Lipinski definition) is 1. The lowest BCUT2D eigenvalue weighted by atomic mass is 9.82. The third-order valence-corrected chi connectivity index (χ3v) is 4.37. The molecule has 4 rings (SSSR count). The van der Waals surface area contributed by atoms with E-state index in [9.17, 15) is 0 Å². The molecule has 1 heterocycles. The molecule has 0 aliphatic heterocycles. The van der Waals surface area contributed by atoms with Gasteiger partial charge in [0, 0.05) is 23.5 Å². The van der Waals surface area contributed by atoms with E-state index in [1.807, 2.05) is 18.7 Å². The zero-order chi connectivity index (χ0) is 13.7. The van der Waals surface area contributed by atoms with Gasteiger partial charge in [0.05, 0.1) is 6.33 Å². The van der Waals surface area contributed by atoms with Crippen molar-refractivity contribution in [3.8, 4) is 16.8 Å². The Balaban J connectivity index is 1.97. The van der Waals surface area contributed by atoms with E-state index in [1.54, 1.807) is 0 Å². The van der Waals surface area contributed by atoms with Crippen molar-refractivity contribution in [2.45, 2.75) is 19.3 Å². The Labute approximate surface area is 118 Å². The Morgan fingerprint density at radius 3 is 2.55 bits per heavy atom. The Hall–Kier alpha value is -2.35. The summed E-state index contributed by atoms with van der Waals surface area (Å²) in [6.07, 6.45) is 5.64. The van der Waals surface area contributed by atoms with E-state index in [0.29, 0.717) is 0 Å². The van der Waals surface area contributed by atoms with Crippen molar-refractivity contribution in [3.05, 3.63) is 72.3 Å². The summed E-state index contributed by atoms with van der Waals surface area (Å²) >= 11 is 0. The third-order valence-electron chi connectivity index (χ3n) is 4.37. The van der Waals surface area contributed by atoms with E-state index in [-0.39, 0.29) is 5.41 Å². The van der Waals surface area contributed by atoms with Crippen LogP contribution in [0.3, 0.4) is 0 Å². The van der Waals surface area contributed by atoms with Crippen molar-refractivity contribution in [3.63, 3.8) is 0 Å². The second-order valence-corrected chi connectivity index (χ2v) is 5.87. The molecule has 0 radical (unpaired) electrons. The fourth-order valence-corrected chi connectivity index (χ4v) is 3.26. The lowest BCUT2D eigenvalue weighted by Gasteiger charge is -2.21. The molecular weight excluding hydrogens is 244 g/mol. The predicted molar refractivity (Wildman–Crippen MR) is 81.1 cm³/mol. The summed E-state index contributed by atoms with van der Waals surface area (Å²) in [5.41, 5.74) is 6.76. The summed E-state index contributed by atoms with van der Waals surface area (Å²) in [6, 6.07) is 15.4. The predicted octanol–water partition coefficient (Wildman–Crippen LogP) is 4.18. The first kappa shape index (κ1) is 11.5. The fourth-order valence-electron chi connectivity index (χ4n) is 3.26. The van der Waals surface area contributed by atoms with Crippen LogP contribution in [0.2, 0.25) is 0 Å². The van der Waals surface area contributed by atoms with Crippen molar-refractivity contribution in [2.75, 3.05) is 0 Å². The molecule has 98 valence electrons. The third kappa shape index (κ3) is 1.42. The topological polar surface area (TPSA) is 17.8 Å². The number of nitrogens with zero attached hydrogens (tertiary/aromatic N) is 2. The lowest BCUT2D eigenvalue weighted by molar-refractivity contribution is 0.659. The summed E-state index contributed by atoms with van der Waals surface area (Å²) in [4.78, 5) is 4.13. The molecule has 2 nitrogen and oxygen atoms in total. The van der Waals surface area contributed by atoms with Crippen LogP contribution in [0.5, 0.6) is 0 Å². The number of benzene rings is 2. The van der Waals surface area contributed by atoms with Gasteiger partial charge in [-0.3, -0.25) is 0 Å². The summed E-state index contributed by atoms with van der Waals surface area (Å²) in [5.74, 6) is 0. The summed E-state index contributed by atoms with van der Waals surface area (Å²) in [5, 5.41) is 0. The largest absolute Gasteiger partial charge is 0.306 e. The first-order valence-electron chi connectivity index (χ1n) is 6.91. The van der Waals surface area contributed by atoms with Gasteiger partial charge < -0.3 is 4.57 Å².